The first-order valence-corrected chi connectivity index (χ1v) is 9.57. The molecular weight excluding hydrogens is 326 g/mol. The largest absolute Gasteiger partial charge is 0.497 e. The van der Waals surface area contributed by atoms with Gasteiger partial charge >= 0.3 is 0 Å². The zero-order valence-electron chi connectivity index (χ0n) is 15.2. The number of nitrogens with zero attached hydrogens (tertiary/aromatic N) is 1. The lowest BCUT2D eigenvalue weighted by molar-refractivity contribution is 0.0209. The average Bonchev–Trinajstić information content (AvgIpc) is 3.22. The Bertz CT molecular complexity index is 815. The highest BCUT2D eigenvalue weighted by molar-refractivity contribution is 5.69. The van der Waals surface area contributed by atoms with Gasteiger partial charge < -0.3 is 19.1 Å². The van der Waals surface area contributed by atoms with Crippen molar-refractivity contribution in [2.45, 2.75) is 30.8 Å². The molecule has 1 fully saturated rings. The fraction of sp³-hybridized carbons (Fsp3) is 0.455. The lowest BCUT2D eigenvalue weighted by Gasteiger charge is -2.30. The van der Waals surface area contributed by atoms with Gasteiger partial charge in [-0.15, -0.1) is 0 Å². The number of para-hydroxylation sites is 1. The minimum atomic E-state index is -0.0904. The summed E-state index contributed by atoms with van der Waals surface area (Å²) in [6.45, 7) is 3.50. The highest BCUT2D eigenvalue weighted by Crippen LogP contribution is 2.52. The highest BCUT2D eigenvalue weighted by atomic mass is 16.5. The Labute approximate surface area is 154 Å². The molecule has 0 saturated carbocycles. The Balaban J connectivity index is 1.52. The Kier molecular flexibility index (Phi) is 3.82. The molecule has 1 saturated heterocycles. The maximum atomic E-state index is 6.14. The van der Waals surface area contributed by atoms with Gasteiger partial charge in [0.25, 0.3) is 0 Å². The van der Waals surface area contributed by atoms with Crippen LogP contribution in [0.5, 0.6) is 11.5 Å². The van der Waals surface area contributed by atoms with Crippen LogP contribution >= 0.6 is 0 Å². The molecule has 3 heterocycles. The monoisotopic (exact) mass is 351 g/mol. The summed E-state index contributed by atoms with van der Waals surface area (Å²) in [6.07, 6.45) is 3.97. The van der Waals surface area contributed by atoms with Crippen molar-refractivity contribution in [3.8, 4) is 11.5 Å². The van der Waals surface area contributed by atoms with Gasteiger partial charge in [-0.1, -0.05) is 24.3 Å². The molecule has 136 valence electrons. The molecule has 3 aliphatic heterocycles. The lowest BCUT2D eigenvalue weighted by Crippen LogP contribution is -2.40. The molecule has 0 radical (unpaired) electrons. The number of methoxy groups -OCH3 is 1. The van der Waals surface area contributed by atoms with Crippen LogP contribution in [-0.4, -0.2) is 39.5 Å². The summed E-state index contributed by atoms with van der Waals surface area (Å²) in [7, 11) is 1.70. The third-order valence-corrected chi connectivity index (χ3v) is 6.10. The Morgan fingerprint density at radius 3 is 2.92 bits per heavy atom. The summed E-state index contributed by atoms with van der Waals surface area (Å²) in [5.74, 6) is 1.80. The predicted octanol–water partition coefficient (Wildman–Crippen LogP) is 3.76. The molecule has 1 spiro atoms. The average molecular weight is 351 g/mol. The molecule has 26 heavy (non-hydrogen) atoms. The summed E-state index contributed by atoms with van der Waals surface area (Å²) in [5.41, 5.74) is 3.89. The molecule has 0 aliphatic carbocycles. The molecule has 3 aliphatic rings. The van der Waals surface area contributed by atoms with E-state index >= 15 is 0 Å². The SMILES string of the molecule is COc1ccc2c(c1)OCC21CN(CC2CCCCO2)c2ccccc21. The van der Waals surface area contributed by atoms with E-state index in [1.165, 1.54) is 29.7 Å². The summed E-state index contributed by atoms with van der Waals surface area (Å²) in [5, 5.41) is 0. The molecule has 4 heteroatoms. The van der Waals surface area contributed by atoms with E-state index in [2.05, 4.69) is 35.2 Å². The Morgan fingerprint density at radius 2 is 2.08 bits per heavy atom. The second-order valence-corrected chi connectivity index (χ2v) is 7.62. The zero-order chi connectivity index (χ0) is 17.6. The van der Waals surface area contributed by atoms with E-state index in [0.29, 0.717) is 12.7 Å². The van der Waals surface area contributed by atoms with E-state index < -0.39 is 0 Å². The maximum absolute atomic E-state index is 6.14. The van der Waals surface area contributed by atoms with E-state index in [4.69, 9.17) is 14.2 Å². The summed E-state index contributed by atoms with van der Waals surface area (Å²) >= 11 is 0. The molecule has 2 aromatic carbocycles. The van der Waals surface area contributed by atoms with Crippen LogP contribution in [0.25, 0.3) is 0 Å². The maximum Gasteiger partial charge on any atom is 0.127 e. The molecular formula is C22H25NO3. The van der Waals surface area contributed by atoms with Crippen molar-refractivity contribution in [1.82, 2.24) is 0 Å². The van der Waals surface area contributed by atoms with Crippen LogP contribution < -0.4 is 14.4 Å². The normalized spacial score (nSPS) is 26.5. The van der Waals surface area contributed by atoms with Crippen molar-refractivity contribution < 1.29 is 14.2 Å². The van der Waals surface area contributed by atoms with Crippen molar-refractivity contribution in [2.75, 3.05) is 38.3 Å². The number of hydrogen-bond donors (Lipinski definition) is 0. The molecule has 0 N–H and O–H groups in total. The zero-order valence-corrected chi connectivity index (χ0v) is 15.2. The van der Waals surface area contributed by atoms with Crippen LogP contribution in [0.2, 0.25) is 0 Å². The Hall–Kier alpha value is -2.20. The first kappa shape index (κ1) is 16.0. The van der Waals surface area contributed by atoms with Crippen LogP contribution in [0.1, 0.15) is 30.4 Å². The van der Waals surface area contributed by atoms with E-state index in [0.717, 1.165) is 37.6 Å². The molecule has 0 aromatic heterocycles. The standard InChI is InChI=1S/C22H25NO3/c1-24-16-9-10-19-21(12-16)26-15-22(19)14-23(13-17-6-4-5-11-25-17)20-8-3-2-7-18(20)22/h2-3,7-10,12,17H,4-6,11,13-15H2,1H3. The second-order valence-electron chi connectivity index (χ2n) is 7.62. The second kappa shape index (κ2) is 6.20. The fourth-order valence-electron chi connectivity index (χ4n) is 4.79. The van der Waals surface area contributed by atoms with E-state index in [1.54, 1.807) is 7.11 Å². The van der Waals surface area contributed by atoms with Gasteiger partial charge in [-0.3, -0.25) is 0 Å². The molecule has 0 amide bonds. The first-order chi connectivity index (χ1) is 12.8. The van der Waals surface area contributed by atoms with Crippen LogP contribution in [0.4, 0.5) is 5.69 Å². The fourth-order valence-corrected chi connectivity index (χ4v) is 4.79. The van der Waals surface area contributed by atoms with Crippen LogP contribution in [0, 0.1) is 0 Å². The minimum absolute atomic E-state index is 0.0904. The van der Waals surface area contributed by atoms with Gasteiger partial charge in [0.2, 0.25) is 0 Å². The third kappa shape index (κ3) is 2.39. The number of anilines is 1. The number of ether oxygens (including phenoxy) is 3. The van der Waals surface area contributed by atoms with Gasteiger partial charge in [-0.05, 0) is 37.0 Å². The number of rotatable bonds is 3. The van der Waals surface area contributed by atoms with Crippen molar-refractivity contribution >= 4 is 5.69 Å². The predicted molar refractivity (Wildman–Crippen MR) is 102 cm³/mol. The van der Waals surface area contributed by atoms with Crippen molar-refractivity contribution in [3.63, 3.8) is 0 Å². The van der Waals surface area contributed by atoms with Gasteiger partial charge in [-0.2, -0.15) is 0 Å². The van der Waals surface area contributed by atoms with E-state index in [1.807, 2.05) is 12.1 Å². The van der Waals surface area contributed by atoms with Crippen LogP contribution in [0.3, 0.4) is 0 Å². The van der Waals surface area contributed by atoms with Gasteiger partial charge in [0.15, 0.2) is 0 Å². The van der Waals surface area contributed by atoms with Gasteiger partial charge in [0.1, 0.15) is 18.1 Å². The third-order valence-electron chi connectivity index (χ3n) is 6.10. The van der Waals surface area contributed by atoms with Gasteiger partial charge in [0.05, 0.1) is 18.6 Å². The van der Waals surface area contributed by atoms with Crippen LogP contribution in [0.15, 0.2) is 42.5 Å². The smallest absolute Gasteiger partial charge is 0.127 e. The Morgan fingerprint density at radius 1 is 1.15 bits per heavy atom. The lowest BCUT2D eigenvalue weighted by atomic mass is 9.78. The van der Waals surface area contributed by atoms with Crippen molar-refractivity contribution in [2.24, 2.45) is 0 Å². The molecule has 2 aromatic rings. The first-order valence-electron chi connectivity index (χ1n) is 9.57. The molecule has 4 nitrogen and oxygen atoms in total. The van der Waals surface area contributed by atoms with Gasteiger partial charge in [0, 0.05) is 37.0 Å². The topological polar surface area (TPSA) is 30.9 Å². The highest BCUT2D eigenvalue weighted by Gasteiger charge is 2.49. The quantitative estimate of drug-likeness (QED) is 0.842. The number of fused-ring (bicyclic) bond motifs is 4. The number of benzene rings is 2. The summed E-state index contributed by atoms with van der Waals surface area (Å²) in [6, 6.07) is 15.0. The summed E-state index contributed by atoms with van der Waals surface area (Å²) < 4.78 is 17.5. The van der Waals surface area contributed by atoms with Crippen molar-refractivity contribution in [3.05, 3.63) is 53.6 Å². The van der Waals surface area contributed by atoms with E-state index in [9.17, 15) is 0 Å². The summed E-state index contributed by atoms with van der Waals surface area (Å²) in [4.78, 5) is 2.51. The molecule has 2 atom stereocenters. The van der Waals surface area contributed by atoms with Gasteiger partial charge in [-0.25, -0.2) is 0 Å². The number of hydrogen-bond acceptors (Lipinski definition) is 4. The molecule has 0 bridgehead atoms. The minimum Gasteiger partial charge on any atom is -0.497 e. The van der Waals surface area contributed by atoms with Crippen LogP contribution in [-0.2, 0) is 10.2 Å². The molecule has 5 rings (SSSR count). The van der Waals surface area contributed by atoms with E-state index in [-0.39, 0.29) is 5.41 Å². The van der Waals surface area contributed by atoms with Crippen molar-refractivity contribution in [1.29, 1.82) is 0 Å². The molecule has 2 unspecified atom stereocenters.